The van der Waals surface area contributed by atoms with Crippen molar-refractivity contribution in [3.63, 3.8) is 0 Å². The molecule has 4 nitrogen and oxygen atoms in total. The van der Waals surface area contributed by atoms with Gasteiger partial charge in [0.15, 0.2) is 18.6 Å². The van der Waals surface area contributed by atoms with Crippen LogP contribution in [0.1, 0.15) is 0 Å². The number of sulfone groups is 1. The van der Waals surface area contributed by atoms with E-state index in [4.69, 9.17) is 11.2 Å². The Morgan fingerprint density at radius 3 is 1.14 bits per heavy atom. The van der Waals surface area contributed by atoms with Gasteiger partial charge in [0.25, 0.3) is 0 Å². The second-order valence-electron chi connectivity index (χ2n) is 13.6. The molecular weight excluding hydrogens is 829 g/mol. The summed E-state index contributed by atoms with van der Waals surface area (Å²) in [5.74, 6) is 0. The first kappa shape index (κ1) is 35.8. The molecule has 1 atom stereocenters. The molecule has 0 aliphatic rings. The van der Waals surface area contributed by atoms with Crippen LogP contribution in [0.2, 0.25) is 0 Å². The maximum Gasteiger partial charge on any atom is 0.177 e. The van der Waals surface area contributed by atoms with Crippen molar-refractivity contribution in [3.05, 3.63) is 146 Å². The predicted octanol–water partition coefficient (Wildman–Crippen LogP) is 13.9. The van der Waals surface area contributed by atoms with Crippen molar-refractivity contribution in [2.24, 2.45) is 0 Å². The molecule has 0 fully saturated rings. The zero-order valence-corrected chi connectivity index (χ0v) is 35.1. The van der Waals surface area contributed by atoms with Crippen molar-refractivity contribution in [2.75, 3.05) is 6.26 Å². The van der Waals surface area contributed by atoms with Crippen molar-refractivity contribution in [1.29, 1.82) is 0 Å². The van der Waals surface area contributed by atoms with E-state index < -0.39 is 18.6 Å². The standard InChI is InChI=1S/C45H28O4S7/c1-55(46,47)40-24-38(34-18-20-36(51-34)42-30-14-6-2-10-26(30)22-27-11-3-7-15-31(27)42)53-44(40)45-41(56(48,49)50)25-39(54-45)35-19-21-37(52-35)43-32-16-8-4-12-28(32)23-29-13-5-9-17-33(29)43/h2-25H,1H3,(H,48,49,50). The fourth-order valence-electron chi connectivity index (χ4n) is 7.54. The average molecular weight is 857 g/mol. The SMILES string of the molecule is CS(=O)(=O)c1cc(-c2ccc(-c3c4ccccc4cc4ccccc34)s2)sc1-c1sc(-c2ccc(-c3c4ccccc4cc4ccccc34)s2)cc1S(=O)(O)=S. The number of hydrogen-bond acceptors (Lipinski definition) is 8. The molecule has 0 saturated heterocycles. The summed E-state index contributed by atoms with van der Waals surface area (Å²) in [5, 5.41) is 9.17. The van der Waals surface area contributed by atoms with Crippen LogP contribution in [0.5, 0.6) is 0 Å². The molecule has 1 N–H and O–H groups in total. The first-order chi connectivity index (χ1) is 27.0. The van der Waals surface area contributed by atoms with Crippen LogP contribution in [-0.2, 0) is 29.8 Å². The number of hydrogen-bond donors (Lipinski definition) is 1. The van der Waals surface area contributed by atoms with E-state index in [1.807, 2.05) is 60.7 Å². The fourth-order valence-corrected chi connectivity index (χ4v) is 15.4. The van der Waals surface area contributed by atoms with E-state index >= 15 is 0 Å². The highest BCUT2D eigenvalue weighted by atomic mass is 32.8. The van der Waals surface area contributed by atoms with E-state index in [0.717, 1.165) is 83.5 Å². The minimum Gasteiger partial charge on any atom is -0.302 e. The van der Waals surface area contributed by atoms with E-state index in [0.29, 0.717) is 9.75 Å². The van der Waals surface area contributed by atoms with E-state index in [9.17, 15) is 17.2 Å². The van der Waals surface area contributed by atoms with Crippen LogP contribution in [0, 0.1) is 0 Å². The van der Waals surface area contributed by atoms with Gasteiger partial charge in [0.2, 0.25) is 0 Å². The smallest absolute Gasteiger partial charge is 0.177 e. The highest BCUT2D eigenvalue weighted by Crippen LogP contribution is 2.52. The van der Waals surface area contributed by atoms with Gasteiger partial charge < -0.3 is 4.55 Å². The number of benzene rings is 6. The summed E-state index contributed by atoms with van der Waals surface area (Å²) in [4.78, 5) is 6.45. The minimum atomic E-state index is -3.90. The van der Waals surface area contributed by atoms with Gasteiger partial charge in [0.05, 0.1) is 19.5 Å². The van der Waals surface area contributed by atoms with Crippen LogP contribution in [0.15, 0.2) is 155 Å². The monoisotopic (exact) mass is 856 g/mol. The van der Waals surface area contributed by atoms with Crippen molar-refractivity contribution < 1.29 is 17.2 Å². The third-order valence-corrected chi connectivity index (χ3v) is 17.8. The molecule has 4 aromatic heterocycles. The lowest BCUT2D eigenvalue weighted by Gasteiger charge is -2.10. The Bertz CT molecular complexity index is 3100. The molecule has 0 spiro atoms. The van der Waals surface area contributed by atoms with Gasteiger partial charge in [-0.2, -0.15) is 0 Å². The Balaban J connectivity index is 1.10. The fraction of sp³-hybridized carbons (Fsp3) is 0.0222. The lowest BCUT2D eigenvalue weighted by molar-refractivity contribution is 0.562. The molecule has 0 radical (unpaired) electrons. The van der Waals surface area contributed by atoms with E-state index in [-0.39, 0.29) is 9.79 Å². The summed E-state index contributed by atoms with van der Waals surface area (Å²) >= 11 is 11.0. The van der Waals surface area contributed by atoms with Gasteiger partial charge in [0.1, 0.15) is 0 Å². The van der Waals surface area contributed by atoms with Gasteiger partial charge in [-0.25, -0.2) is 12.6 Å². The van der Waals surface area contributed by atoms with Crippen LogP contribution in [0.25, 0.3) is 93.2 Å². The molecule has 0 bridgehead atoms. The van der Waals surface area contributed by atoms with Crippen molar-refractivity contribution >= 4 is 118 Å². The topological polar surface area (TPSA) is 71.4 Å². The Morgan fingerprint density at radius 1 is 0.429 bits per heavy atom. The predicted molar refractivity (Wildman–Crippen MR) is 245 cm³/mol. The van der Waals surface area contributed by atoms with Gasteiger partial charge in [0, 0.05) is 57.8 Å². The molecule has 0 aliphatic heterocycles. The lowest BCUT2D eigenvalue weighted by atomic mass is 9.96. The largest absolute Gasteiger partial charge is 0.302 e. The average Bonchev–Trinajstić information content (AvgIpc) is 4.01. The second-order valence-corrected chi connectivity index (χ2v) is 22.6. The molecule has 1 unspecified atom stereocenters. The summed E-state index contributed by atoms with van der Waals surface area (Å²) in [7, 11) is -7.65. The Hall–Kier alpha value is -4.56. The highest BCUT2D eigenvalue weighted by Gasteiger charge is 2.28. The first-order valence-corrected chi connectivity index (χ1v) is 25.1. The van der Waals surface area contributed by atoms with Crippen molar-refractivity contribution in [2.45, 2.75) is 9.79 Å². The summed E-state index contributed by atoms with van der Waals surface area (Å²) in [6.07, 6.45) is 1.18. The third kappa shape index (κ3) is 6.14. The van der Waals surface area contributed by atoms with Crippen LogP contribution in [-0.4, -0.2) is 23.4 Å². The number of thiophene rings is 4. The van der Waals surface area contributed by atoms with E-state index in [1.165, 1.54) is 28.9 Å². The molecule has 10 rings (SSSR count). The third-order valence-electron chi connectivity index (χ3n) is 10.0. The lowest BCUT2D eigenvalue weighted by Crippen LogP contribution is -1.99. The Morgan fingerprint density at radius 2 is 0.768 bits per heavy atom. The van der Waals surface area contributed by atoms with Gasteiger partial charge in [-0.05, 0) is 91.6 Å². The quantitative estimate of drug-likeness (QED) is 0.162. The molecule has 10 aromatic rings. The molecule has 4 heterocycles. The Labute approximate surface area is 344 Å². The zero-order chi connectivity index (χ0) is 38.3. The molecule has 11 heteroatoms. The van der Waals surface area contributed by atoms with Crippen LogP contribution in [0.4, 0.5) is 0 Å². The number of fused-ring (bicyclic) bond motifs is 4. The maximum atomic E-state index is 13.5. The van der Waals surface area contributed by atoms with Gasteiger partial charge >= 0.3 is 0 Å². The highest BCUT2D eigenvalue weighted by molar-refractivity contribution is 8.29. The summed E-state index contributed by atoms with van der Waals surface area (Å²) in [5.41, 5.74) is 2.27. The van der Waals surface area contributed by atoms with Crippen LogP contribution in [0.3, 0.4) is 0 Å². The summed E-state index contributed by atoms with van der Waals surface area (Å²) in [6.45, 7) is 0. The minimum absolute atomic E-state index is 0.0606. The molecular formula is C45H28O4S7. The normalized spacial score (nSPS) is 13.2. The summed E-state index contributed by atoms with van der Waals surface area (Å²) in [6, 6.07) is 49.4. The van der Waals surface area contributed by atoms with Gasteiger partial charge in [-0.3, -0.25) is 0 Å². The molecule has 0 saturated carbocycles. The van der Waals surface area contributed by atoms with Gasteiger partial charge in [-0.1, -0.05) is 97.1 Å². The van der Waals surface area contributed by atoms with Crippen LogP contribution < -0.4 is 0 Å². The van der Waals surface area contributed by atoms with Crippen molar-refractivity contribution in [1.82, 2.24) is 0 Å². The van der Waals surface area contributed by atoms with Crippen LogP contribution >= 0.6 is 45.3 Å². The Kier molecular flexibility index (Phi) is 8.66. The molecule has 0 aliphatic carbocycles. The zero-order valence-electron chi connectivity index (χ0n) is 29.4. The maximum absolute atomic E-state index is 13.5. The molecule has 274 valence electrons. The number of rotatable bonds is 7. The summed E-state index contributed by atoms with van der Waals surface area (Å²) < 4.78 is 51.3. The molecule has 56 heavy (non-hydrogen) atoms. The first-order valence-electron chi connectivity index (χ1n) is 17.5. The van der Waals surface area contributed by atoms with E-state index in [2.05, 4.69) is 72.8 Å². The van der Waals surface area contributed by atoms with E-state index in [1.54, 1.807) is 34.8 Å². The van der Waals surface area contributed by atoms with Gasteiger partial charge in [-0.15, -0.1) is 45.3 Å². The second kappa shape index (κ2) is 13.5. The molecule has 0 amide bonds. The molecule has 6 aromatic carbocycles. The van der Waals surface area contributed by atoms with Crippen molar-refractivity contribution in [3.8, 4) is 50.1 Å².